The van der Waals surface area contributed by atoms with Crippen molar-refractivity contribution in [3.8, 4) is 0 Å². The Kier molecular flexibility index (Phi) is 6.99. The average molecular weight is 370 g/mol. The third-order valence-corrected chi connectivity index (χ3v) is 5.03. The maximum Gasteiger partial charge on any atom is 0.341 e. The van der Waals surface area contributed by atoms with Crippen LogP contribution in [0.3, 0.4) is 0 Å². The van der Waals surface area contributed by atoms with Gasteiger partial charge in [0.2, 0.25) is 0 Å². The maximum atomic E-state index is 12.3. The van der Waals surface area contributed by atoms with Crippen LogP contribution >= 0.6 is 23.6 Å². The molecule has 0 spiro atoms. The molecule has 1 aromatic heterocycles. The standard InChI is InChI=1S/C16H22N2O4S2/c1-3-21-12(19)9-17-16(23)18-14-13(15(20)22-4-2)10-7-5-6-8-11(10)24-14/h3-9H2,1-2H3,(H2,17,18,23). The number of rotatable bonds is 6. The lowest BCUT2D eigenvalue weighted by atomic mass is 9.95. The number of fused-ring (bicyclic) bond motifs is 1. The minimum absolute atomic E-state index is 0.0144. The highest BCUT2D eigenvalue weighted by Gasteiger charge is 2.26. The Balaban J connectivity index is 2.11. The van der Waals surface area contributed by atoms with E-state index in [0.717, 1.165) is 31.2 Å². The molecule has 0 fully saturated rings. The summed E-state index contributed by atoms with van der Waals surface area (Å²) in [6.07, 6.45) is 4.05. The van der Waals surface area contributed by atoms with Gasteiger partial charge in [0.1, 0.15) is 11.5 Å². The number of thiocarbonyl (C=S) groups is 1. The Labute approximate surface area is 150 Å². The van der Waals surface area contributed by atoms with Gasteiger partial charge >= 0.3 is 11.9 Å². The highest BCUT2D eigenvalue weighted by Crippen LogP contribution is 2.38. The molecular formula is C16H22N2O4S2. The number of carbonyl (C=O) groups is 2. The summed E-state index contributed by atoms with van der Waals surface area (Å²) in [5, 5.41) is 6.80. The van der Waals surface area contributed by atoms with Crippen molar-refractivity contribution in [3.05, 3.63) is 16.0 Å². The molecule has 0 saturated heterocycles. The van der Waals surface area contributed by atoms with Crippen molar-refractivity contribution in [1.82, 2.24) is 5.32 Å². The minimum Gasteiger partial charge on any atom is -0.465 e. The first-order chi connectivity index (χ1) is 11.6. The van der Waals surface area contributed by atoms with Gasteiger partial charge in [-0.15, -0.1) is 11.3 Å². The number of anilines is 1. The lowest BCUT2D eigenvalue weighted by Gasteiger charge is -2.13. The Morgan fingerprint density at radius 2 is 1.88 bits per heavy atom. The van der Waals surface area contributed by atoms with Crippen molar-refractivity contribution in [2.75, 3.05) is 25.1 Å². The molecule has 1 heterocycles. The number of nitrogens with one attached hydrogen (secondary N) is 2. The zero-order valence-corrected chi connectivity index (χ0v) is 15.5. The van der Waals surface area contributed by atoms with Crippen LogP contribution < -0.4 is 10.6 Å². The van der Waals surface area contributed by atoms with E-state index in [1.807, 2.05) is 0 Å². The van der Waals surface area contributed by atoms with E-state index in [1.165, 1.54) is 16.2 Å². The molecule has 0 atom stereocenters. The zero-order chi connectivity index (χ0) is 17.5. The van der Waals surface area contributed by atoms with E-state index in [0.29, 0.717) is 23.8 Å². The molecule has 1 aliphatic carbocycles. The molecule has 1 aromatic rings. The van der Waals surface area contributed by atoms with Crippen LogP contribution in [0, 0.1) is 0 Å². The fraction of sp³-hybridized carbons (Fsp3) is 0.562. The monoisotopic (exact) mass is 370 g/mol. The maximum absolute atomic E-state index is 12.3. The number of hydrogen-bond acceptors (Lipinski definition) is 6. The summed E-state index contributed by atoms with van der Waals surface area (Å²) in [6.45, 7) is 4.17. The molecule has 0 radical (unpaired) electrons. The van der Waals surface area contributed by atoms with E-state index in [4.69, 9.17) is 21.7 Å². The van der Waals surface area contributed by atoms with Crippen LogP contribution in [0.4, 0.5) is 5.00 Å². The molecular weight excluding hydrogens is 348 g/mol. The Morgan fingerprint density at radius 3 is 2.58 bits per heavy atom. The van der Waals surface area contributed by atoms with Crippen molar-refractivity contribution >= 4 is 45.6 Å². The number of carbonyl (C=O) groups excluding carboxylic acids is 2. The normalized spacial score (nSPS) is 12.9. The SMILES string of the molecule is CCOC(=O)CNC(=S)Nc1sc2c(c1C(=O)OCC)CCCC2. The van der Waals surface area contributed by atoms with Crippen LogP contribution in [0.1, 0.15) is 47.5 Å². The molecule has 2 N–H and O–H groups in total. The molecule has 2 rings (SSSR count). The summed E-state index contributed by atoms with van der Waals surface area (Å²) in [5.41, 5.74) is 1.65. The molecule has 0 bridgehead atoms. The van der Waals surface area contributed by atoms with Crippen LogP contribution in [0.5, 0.6) is 0 Å². The van der Waals surface area contributed by atoms with Crippen LogP contribution in [-0.4, -0.2) is 36.8 Å². The van der Waals surface area contributed by atoms with Gasteiger partial charge in [0.05, 0.1) is 18.8 Å². The van der Waals surface area contributed by atoms with Crippen LogP contribution in [0.2, 0.25) is 0 Å². The molecule has 1 aliphatic rings. The fourth-order valence-corrected chi connectivity index (χ4v) is 4.11. The minimum atomic E-state index is -0.377. The summed E-state index contributed by atoms with van der Waals surface area (Å²) in [7, 11) is 0. The van der Waals surface area contributed by atoms with E-state index in [9.17, 15) is 9.59 Å². The van der Waals surface area contributed by atoms with Gasteiger partial charge in [0, 0.05) is 4.88 Å². The first kappa shape index (κ1) is 18.7. The van der Waals surface area contributed by atoms with Crippen molar-refractivity contribution < 1.29 is 19.1 Å². The van der Waals surface area contributed by atoms with E-state index >= 15 is 0 Å². The number of aryl methyl sites for hydroxylation is 1. The van der Waals surface area contributed by atoms with Gasteiger partial charge in [-0.2, -0.15) is 0 Å². The topological polar surface area (TPSA) is 76.7 Å². The first-order valence-electron chi connectivity index (χ1n) is 8.08. The van der Waals surface area contributed by atoms with Gasteiger partial charge in [-0.3, -0.25) is 4.79 Å². The second-order valence-electron chi connectivity index (χ2n) is 5.25. The smallest absolute Gasteiger partial charge is 0.341 e. The van der Waals surface area contributed by atoms with E-state index in [1.54, 1.807) is 13.8 Å². The molecule has 0 unspecified atom stereocenters. The van der Waals surface area contributed by atoms with Crippen LogP contribution in [0.15, 0.2) is 0 Å². The lowest BCUT2D eigenvalue weighted by Crippen LogP contribution is -2.34. The highest BCUT2D eigenvalue weighted by atomic mass is 32.1. The molecule has 132 valence electrons. The summed E-state index contributed by atoms with van der Waals surface area (Å²) >= 11 is 6.75. The molecule has 0 aliphatic heterocycles. The Morgan fingerprint density at radius 1 is 1.17 bits per heavy atom. The predicted molar refractivity (Wildman–Crippen MR) is 97.8 cm³/mol. The second kappa shape index (κ2) is 8.98. The third kappa shape index (κ3) is 4.67. The van der Waals surface area contributed by atoms with Crippen molar-refractivity contribution in [2.45, 2.75) is 39.5 Å². The predicted octanol–water partition coefficient (Wildman–Crippen LogP) is 2.65. The number of ether oxygens (including phenoxy) is 2. The van der Waals surface area contributed by atoms with Crippen LogP contribution in [-0.2, 0) is 27.1 Å². The summed E-state index contributed by atoms with van der Waals surface area (Å²) in [6, 6.07) is 0. The molecule has 0 amide bonds. The zero-order valence-electron chi connectivity index (χ0n) is 13.9. The van der Waals surface area contributed by atoms with E-state index < -0.39 is 0 Å². The average Bonchev–Trinajstić information content (AvgIpc) is 2.91. The van der Waals surface area contributed by atoms with Gasteiger partial charge in [-0.25, -0.2) is 4.79 Å². The van der Waals surface area contributed by atoms with Gasteiger partial charge in [0.15, 0.2) is 5.11 Å². The van der Waals surface area contributed by atoms with Crippen molar-refractivity contribution in [3.63, 3.8) is 0 Å². The first-order valence-corrected chi connectivity index (χ1v) is 9.31. The van der Waals surface area contributed by atoms with Crippen LogP contribution in [0.25, 0.3) is 0 Å². The summed E-state index contributed by atoms with van der Waals surface area (Å²) < 4.78 is 10.0. The molecule has 0 saturated carbocycles. The third-order valence-electron chi connectivity index (χ3n) is 3.58. The van der Waals surface area contributed by atoms with Gasteiger partial charge in [-0.05, 0) is 57.3 Å². The largest absolute Gasteiger partial charge is 0.465 e. The number of esters is 2. The molecule has 6 nitrogen and oxygen atoms in total. The summed E-state index contributed by atoms with van der Waals surface area (Å²) in [4.78, 5) is 24.9. The second-order valence-corrected chi connectivity index (χ2v) is 6.76. The number of thiophene rings is 1. The van der Waals surface area contributed by atoms with Gasteiger partial charge in [0.25, 0.3) is 0 Å². The fourth-order valence-electron chi connectivity index (χ4n) is 2.58. The van der Waals surface area contributed by atoms with E-state index in [-0.39, 0.29) is 23.6 Å². The number of hydrogen-bond donors (Lipinski definition) is 2. The van der Waals surface area contributed by atoms with Crippen molar-refractivity contribution in [2.24, 2.45) is 0 Å². The van der Waals surface area contributed by atoms with Gasteiger partial charge < -0.3 is 20.1 Å². The van der Waals surface area contributed by atoms with Gasteiger partial charge in [-0.1, -0.05) is 0 Å². The lowest BCUT2D eigenvalue weighted by molar-refractivity contribution is -0.141. The van der Waals surface area contributed by atoms with Crippen molar-refractivity contribution in [1.29, 1.82) is 0 Å². The highest BCUT2D eigenvalue weighted by molar-refractivity contribution is 7.80. The summed E-state index contributed by atoms with van der Waals surface area (Å²) in [5.74, 6) is -0.703. The Bertz CT molecular complexity index is 628. The Hall–Kier alpha value is -1.67. The van der Waals surface area contributed by atoms with E-state index in [2.05, 4.69) is 10.6 Å². The molecule has 24 heavy (non-hydrogen) atoms. The quantitative estimate of drug-likeness (QED) is 0.589. The molecule has 8 heteroatoms. The molecule has 0 aromatic carbocycles.